The van der Waals surface area contributed by atoms with Gasteiger partial charge in [-0.15, -0.1) is 0 Å². The molecule has 1 aliphatic rings. The molecule has 4 nitrogen and oxygen atoms in total. The normalized spacial score (nSPS) is 21.0. The molecule has 0 aromatic carbocycles. The molecule has 0 aromatic rings. The van der Waals surface area contributed by atoms with Crippen molar-refractivity contribution in [3.63, 3.8) is 0 Å². The number of rotatable bonds is 4. The highest BCUT2D eigenvalue weighted by atomic mass is 16.3. The van der Waals surface area contributed by atoms with E-state index >= 15 is 0 Å². The topological polar surface area (TPSA) is 47.9 Å². The van der Waals surface area contributed by atoms with Crippen LogP contribution in [-0.4, -0.2) is 55.2 Å². The van der Waals surface area contributed by atoms with Gasteiger partial charge in [0.25, 0.3) is 0 Å². The summed E-state index contributed by atoms with van der Waals surface area (Å²) in [5.74, 6) is 1.06. The highest BCUT2D eigenvalue weighted by molar-refractivity contribution is 5.82. The smallest absolute Gasteiger partial charge is 0.0964 e. The lowest BCUT2D eigenvalue weighted by Crippen LogP contribution is -2.47. The lowest BCUT2D eigenvalue weighted by molar-refractivity contribution is 0.0377. The zero-order valence-corrected chi connectivity index (χ0v) is 10.1. The summed E-state index contributed by atoms with van der Waals surface area (Å²) >= 11 is 0. The Morgan fingerprint density at radius 1 is 1.47 bits per heavy atom. The SMILES string of the molecule is CN(C)CC(C)(O)CNC1=NCCCC1. The molecule has 4 heteroatoms. The first-order valence-electron chi connectivity index (χ1n) is 5.64. The van der Waals surface area contributed by atoms with Crippen molar-refractivity contribution in [2.24, 2.45) is 4.99 Å². The second kappa shape index (κ2) is 5.47. The van der Waals surface area contributed by atoms with Crippen LogP contribution in [0.15, 0.2) is 4.99 Å². The van der Waals surface area contributed by atoms with Crippen LogP contribution in [0.1, 0.15) is 26.2 Å². The average molecular weight is 213 g/mol. The Balaban J connectivity index is 2.31. The molecule has 2 N–H and O–H groups in total. The molecule has 0 aromatic heterocycles. The van der Waals surface area contributed by atoms with Gasteiger partial charge in [-0.25, -0.2) is 0 Å². The molecule has 0 fully saturated rings. The van der Waals surface area contributed by atoms with Crippen molar-refractivity contribution in [3.8, 4) is 0 Å². The molecular weight excluding hydrogens is 190 g/mol. The van der Waals surface area contributed by atoms with Crippen molar-refractivity contribution in [1.29, 1.82) is 0 Å². The summed E-state index contributed by atoms with van der Waals surface area (Å²) in [6, 6.07) is 0. The van der Waals surface area contributed by atoms with E-state index in [0.717, 1.165) is 18.8 Å². The van der Waals surface area contributed by atoms with E-state index in [9.17, 15) is 5.11 Å². The van der Waals surface area contributed by atoms with E-state index in [1.165, 1.54) is 12.8 Å². The third kappa shape index (κ3) is 5.14. The van der Waals surface area contributed by atoms with Crippen molar-refractivity contribution in [2.45, 2.75) is 31.8 Å². The largest absolute Gasteiger partial charge is 0.387 e. The Bertz CT molecular complexity index is 224. The van der Waals surface area contributed by atoms with Gasteiger partial charge >= 0.3 is 0 Å². The van der Waals surface area contributed by atoms with Gasteiger partial charge in [-0.2, -0.15) is 0 Å². The maximum Gasteiger partial charge on any atom is 0.0964 e. The minimum absolute atomic E-state index is 0.573. The van der Waals surface area contributed by atoms with Crippen LogP contribution in [0.5, 0.6) is 0 Å². The first-order valence-corrected chi connectivity index (χ1v) is 5.64. The summed E-state index contributed by atoms with van der Waals surface area (Å²) in [7, 11) is 3.93. The maximum absolute atomic E-state index is 10.1. The first-order chi connectivity index (χ1) is 6.99. The fourth-order valence-corrected chi connectivity index (χ4v) is 1.87. The van der Waals surface area contributed by atoms with Gasteiger partial charge in [0, 0.05) is 26.1 Å². The van der Waals surface area contributed by atoms with E-state index in [-0.39, 0.29) is 0 Å². The third-order valence-electron chi connectivity index (χ3n) is 2.45. The van der Waals surface area contributed by atoms with Crippen molar-refractivity contribution in [2.75, 3.05) is 33.7 Å². The fraction of sp³-hybridized carbons (Fsp3) is 0.909. The van der Waals surface area contributed by atoms with Crippen molar-refractivity contribution in [1.82, 2.24) is 10.2 Å². The average Bonchev–Trinajstić information content (AvgIpc) is 2.15. The second-order valence-electron chi connectivity index (χ2n) is 4.87. The summed E-state index contributed by atoms with van der Waals surface area (Å²) in [5, 5.41) is 13.3. The quantitative estimate of drug-likeness (QED) is 0.714. The lowest BCUT2D eigenvalue weighted by Gasteiger charge is -2.28. The third-order valence-corrected chi connectivity index (χ3v) is 2.45. The summed E-state index contributed by atoms with van der Waals surface area (Å²) in [6.45, 7) is 4.01. The molecule has 1 unspecified atom stereocenters. The Hall–Kier alpha value is -0.610. The molecule has 0 radical (unpaired) electrons. The van der Waals surface area contributed by atoms with E-state index in [0.29, 0.717) is 13.1 Å². The van der Waals surface area contributed by atoms with Gasteiger partial charge in [0.1, 0.15) is 0 Å². The zero-order chi connectivity index (χ0) is 11.3. The Morgan fingerprint density at radius 2 is 2.20 bits per heavy atom. The van der Waals surface area contributed by atoms with Crippen LogP contribution in [-0.2, 0) is 0 Å². The number of aliphatic imine (C=N–C) groups is 1. The van der Waals surface area contributed by atoms with Gasteiger partial charge < -0.3 is 15.3 Å². The van der Waals surface area contributed by atoms with Gasteiger partial charge in [-0.05, 0) is 33.9 Å². The van der Waals surface area contributed by atoms with E-state index < -0.39 is 5.60 Å². The maximum atomic E-state index is 10.1. The van der Waals surface area contributed by atoms with Gasteiger partial charge in [0.15, 0.2) is 0 Å². The molecule has 88 valence electrons. The van der Waals surface area contributed by atoms with Crippen LogP contribution in [0.4, 0.5) is 0 Å². The standard InChI is InChI=1S/C11H23N3O/c1-11(15,9-14(2)3)8-13-10-6-4-5-7-12-10/h15H,4-9H2,1-3H3,(H,12,13). The molecular formula is C11H23N3O. The molecule has 0 saturated carbocycles. The Kier molecular flexibility index (Phi) is 4.54. The molecule has 15 heavy (non-hydrogen) atoms. The van der Waals surface area contributed by atoms with Gasteiger partial charge in [-0.3, -0.25) is 4.99 Å². The second-order valence-corrected chi connectivity index (χ2v) is 4.87. The van der Waals surface area contributed by atoms with E-state index in [1.807, 2.05) is 25.9 Å². The van der Waals surface area contributed by atoms with Crippen LogP contribution in [0.25, 0.3) is 0 Å². The number of hydrogen-bond acceptors (Lipinski definition) is 4. The minimum Gasteiger partial charge on any atom is -0.387 e. The number of amidine groups is 1. The lowest BCUT2D eigenvalue weighted by atomic mass is 10.1. The van der Waals surface area contributed by atoms with E-state index in [2.05, 4.69) is 10.3 Å². The molecule has 0 bridgehead atoms. The molecule has 1 aliphatic heterocycles. The Labute approximate surface area is 92.4 Å². The van der Waals surface area contributed by atoms with E-state index in [4.69, 9.17) is 0 Å². The molecule has 1 rings (SSSR count). The predicted molar refractivity (Wildman–Crippen MR) is 63.3 cm³/mol. The van der Waals surface area contributed by atoms with Crippen molar-refractivity contribution in [3.05, 3.63) is 0 Å². The van der Waals surface area contributed by atoms with Crippen LogP contribution >= 0.6 is 0 Å². The number of nitrogens with zero attached hydrogens (tertiary/aromatic N) is 2. The number of hydrogen-bond donors (Lipinski definition) is 2. The van der Waals surface area contributed by atoms with Gasteiger partial charge in [-0.1, -0.05) is 0 Å². The van der Waals surface area contributed by atoms with Crippen LogP contribution in [0.2, 0.25) is 0 Å². The molecule has 0 spiro atoms. The summed E-state index contributed by atoms with van der Waals surface area (Å²) < 4.78 is 0. The number of likely N-dealkylation sites (N-methyl/N-ethyl adjacent to an activating group) is 1. The highest BCUT2D eigenvalue weighted by Gasteiger charge is 2.21. The zero-order valence-electron chi connectivity index (χ0n) is 10.1. The van der Waals surface area contributed by atoms with Gasteiger partial charge in [0.05, 0.1) is 11.4 Å². The highest BCUT2D eigenvalue weighted by Crippen LogP contribution is 2.06. The molecule has 0 amide bonds. The number of nitrogens with one attached hydrogen (secondary N) is 1. The van der Waals surface area contributed by atoms with Crippen LogP contribution in [0, 0.1) is 0 Å². The summed E-state index contributed by atoms with van der Waals surface area (Å²) in [5.41, 5.74) is -0.691. The first kappa shape index (κ1) is 12.5. The summed E-state index contributed by atoms with van der Waals surface area (Å²) in [6.07, 6.45) is 3.43. The molecule has 0 saturated heterocycles. The van der Waals surface area contributed by atoms with E-state index in [1.54, 1.807) is 0 Å². The molecule has 1 atom stereocenters. The number of aliphatic hydroxyl groups is 1. The fourth-order valence-electron chi connectivity index (χ4n) is 1.87. The molecule has 0 aliphatic carbocycles. The minimum atomic E-state index is -0.691. The van der Waals surface area contributed by atoms with Crippen molar-refractivity contribution >= 4 is 5.84 Å². The summed E-state index contributed by atoms with van der Waals surface area (Å²) in [4.78, 5) is 6.38. The van der Waals surface area contributed by atoms with Crippen LogP contribution < -0.4 is 5.32 Å². The Morgan fingerprint density at radius 3 is 2.73 bits per heavy atom. The van der Waals surface area contributed by atoms with Crippen LogP contribution in [0.3, 0.4) is 0 Å². The van der Waals surface area contributed by atoms with Gasteiger partial charge in [0.2, 0.25) is 0 Å². The molecule has 1 heterocycles. The van der Waals surface area contributed by atoms with Crippen molar-refractivity contribution < 1.29 is 5.11 Å². The predicted octanol–water partition coefficient (Wildman–Crippen LogP) is 0.471. The monoisotopic (exact) mass is 213 g/mol.